The first-order chi connectivity index (χ1) is 14.1. The Morgan fingerprint density at radius 3 is 2.70 bits per heavy atom. The highest BCUT2D eigenvalue weighted by molar-refractivity contribution is 8.15. The molecular formula is C21H20ClF2N3O2S. The van der Waals surface area contributed by atoms with E-state index in [4.69, 9.17) is 22.1 Å². The van der Waals surface area contributed by atoms with Crippen LogP contribution in [0.2, 0.25) is 5.02 Å². The van der Waals surface area contributed by atoms with Gasteiger partial charge in [-0.1, -0.05) is 29.4 Å². The molecule has 0 radical (unpaired) electrons. The molecule has 3 rings (SSSR count). The monoisotopic (exact) mass is 451 g/mol. The fourth-order valence-corrected chi connectivity index (χ4v) is 4.84. The zero-order valence-electron chi connectivity index (χ0n) is 16.6. The van der Waals surface area contributed by atoms with Gasteiger partial charge in [0, 0.05) is 18.2 Å². The lowest BCUT2D eigenvalue weighted by Gasteiger charge is -2.39. The number of esters is 1. The highest BCUT2D eigenvalue weighted by atomic mass is 35.5. The summed E-state index contributed by atoms with van der Waals surface area (Å²) < 4.78 is 33.3. The Labute approximate surface area is 182 Å². The van der Waals surface area contributed by atoms with Crippen molar-refractivity contribution < 1.29 is 18.3 Å². The van der Waals surface area contributed by atoms with E-state index >= 15 is 0 Å². The molecule has 0 saturated heterocycles. The number of nitrogens with zero attached hydrogens (tertiary/aromatic N) is 2. The Morgan fingerprint density at radius 1 is 1.33 bits per heavy atom. The molecule has 0 saturated carbocycles. The minimum Gasteiger partial charge on any atom is -0.468 e. The number of amidine groups is 1. The molecule has 2 atom stereocenters. The third-order valence-corrected chi connectivity index (χ3v) is 6.11. The molecule has 2 aromatic rings. The standard InChI is InChI=1S/C21H20ClF2N3O2S/c1-20(11-21(2,18(28)29-3)30-19(25)27-20)14-8-12(4-6-15(14)23)9-16(24)17-7-5-13(22)10-26-17/h4-10H,11H2,1-3H3,(H2,25,27)/b16-9-/t20-,21+/m0/s1. The number of aromatic nitrogens is 1. The summed E-state index contributed by atoms with van der Waals surface area (Å²) in [6.07, 6.45) is 2.74. The van der Waals surface area contributed by atoms with Crippen LogP contribution in [0.1, 0.15) is 37.1 Å². The third kappa shape index (κ3) is 4.49. The number of hydrogen-bond donors (Lipinski definition) is 1. The number of benzene rings is 1. The molecule has 1 aliphatic rings. The van der Waals surface area contributed by atoms with Crippen LogP contribution in [0.3, 0.4) is 0 Å². The predicted octanol–water partition coefficient (Wildman–Crippen LogP) is 4.94. The van der Waals surface area contributed by atoms with Crippen molar-refractivity contribution in [1.82, 2.24) is 4.98 Å². The smallest absolute Gasteiger partial charge is 0.322 e. The van der Waals surface area contributed by atoms with E-state index < -0.39 is 27.9 Å². The lowest BCUT2D eigenvalue weighted by molar-refractivity contribution is -0.143. The van der Waals surface area contributed by atoms with Crippen molar-refractivity contribution in [3.05, 3.63) is 64.2 Å². The normalized spacial score (nSPS) is 24.3. The molecule has 5 nitrogen and oxygen atoms in total. The second-order valence-corrected chi connectivity index (χ2v) is 9.28. The van der Waals surface area contributed by atoms with E-state index in [1.165, 1.54) is 49.7 Å². The zero-order valence-corrected chi connectivity index (χ0v) is 18.2. The molecule has 1 aliphatic heterocycles. The van der Waals surface area contributed by atoms with Gasteiger partial charge in [0.15, 0.2) is 5.17 Å². The fraction of sp³-hybridized carbons (Fsp3) is 0.286. The van der Waals surface area contributed by atoms with Gasteiger partial charge in [-0.2, -0.15) is 0 Å². The molecule has 1 aromatic carbocycles. The first kappa shape index (κ1) is 22.2. The second kappa shape index (κ2) is 8.35. The van der Waals surface area contributed by atoms with Crippen LogP contribution >= 0.6 is 23.4 Å². The van der Waals surface area contributed by atoms with Crippen LogP contribution in [0.4, 0.5) is 8.78 Å². The Kier molecular flexibility index (Phi) is 6.19. The van der Waals surface area contributed by atoms with Crippen molar-refractivity contribution in [2.45, 2.75) is 30.6 Å². The highest BCUT2D eigenvalue weighted by Gasteiger charge is 2.48. The number of hydrogen-bond acceptors (Lipinski definition) is 6. The Bertz CT molecular complexity index is 1050. The Balaban J connectivity index is 2.02. The first-order valence-corrected chi connectivity index (χ1v) is 10.2. The average molecular weight is 452 g/mol. The second-order valence-electron chi connectivity index (χ2n) is 7.32. The van der Waals surface area contributed by atoms with Gasteiger partial charge in [0.25, 0.3) is 0 Å². The fourth-order valence-electron chi connectivity index (χ4n) is 3.50. The topological polar surface area (TPSA) is 77.6 Å². The first-order valence-electron chi connectivity index (χ1n) is 8.98. The van der Waals surface area contributed by atoms with Crippen molar-refractivity contribution in [3.63, 3.8) is 0 Å². The third-order valence-electron chi connectivity index (χ3n) is 4.82. The highest BCUT2D eigenvalue weighted by Crippen LogP contribution is 2.46. The number of halogens is 3. The Morgan fingerprint density at radius 2 is 2.07 bits per heavy atom. The summed E-state index contributed by atoms with van der Waals surface area (Å²) in [5, 5.41) is 0.538. The number of nitrogens with two attached hydrogens (primary N) is 1. The van der Waals surface area contributed by atoms with Crippen LogP contribution in [-0.2, 0) is 15.1 Å². The van der Waals surface area contributed by atoms with E-state index in [0.29, 0.717) is 10.6 Å². The number of pyridine rings is 1. The number of carbonyl (C=O) groups excluding carboxylic acids is 1. The van der Waals surface area contributed by atoms with E-state index in [1.54, 1.807) is 13.8 Å². The summed E-state index contributed by atoms with van der Waals surface area (Å²) in [5.41, 5.74) is 5.54. The summed E-state index contributed by atoms with van der Waals surface area (Å²) in [7, 11) is 1.28. The van der Waals surface area contributed by atoms with Crippen molar-refractivity contribution >= 4 is 46.4 Å². The zero-order chi connectivity index (χ0) is 22.1. The minimum absolute atomic E-state index is 0.103. The number of rotatable bonds is 4. The molecule has 0 amide bonds. The van der Waals surface area contributed by atoms with Gasteiger partial charge in [-0.25, -0.2) is 8.78 Å². The molecule has 9 heteroatoms. The van der Waals surface area contributed by atoms with Gasteiger partial charge in [0.05, 0.1) is 23.4 Å². The van der Waals surface area contributed by atoms with Crippen LogP contribution < -0.4 is 5.73 Å². The maximum absolute atomic E-state index is 14.8. The SMILES string of the molecule is COC(=O)[C@@]1(C)C[C@@](C)(c2cc(/C=C(\F)c3ccc(Cl)cn3)ccc2F)N=C(N)S1. The number of ether oxygens (including phenoxy) is 1. The van der Waals surface area contributed by atoms with Crippen LogP contribution in [0.15, 0.2) is 41.5 Å². The van der Waals surface area contributed by atoms with E-state index in [0.717, 1.165) is 11.8 Å². The molecule has 0 unspecified atom stereocenters. The van der Waals surface area contributed by atoms with E-state index in [2.05, 4.69) is 9.98 Å². The van der Waals surface area contributed by atoms with Crippen LogP contribution in [0.5, 0.6) is 0 Å². The number of aliphatic imine (C=N–C) groups is 1. The van der Waals surface area contributed by atoms with Gasteiger partial charge in [-0.3, -0.25) is 14.8 Å². The van der Waals surface area contributed by atoms with E-state index in [1.807, 2.05) is 0 Å². The summed E-state index contributed by atoms with van der Waals surface area (Å²) in [5.74, 6) is -1.61. The molecular weight excluding hydrogens is 432 g/mol. The Hall–Kier alpha value is -2.45. The number of carbonyl (C=O) groups is 1. The molecule has 158 valence electrons. The van der Waals surface area contributed by atoms with Crippen molar-refractivity contribution in [3.8, 4) is 0 Å². The molecule has 2 N–H and O–H groups in total. The molecule has 0 aliphatic carbocycles. The molecule has 0 fully saturated rings. The minimum atomic E-state index is -1.14. The van der Waals surface area contributed by atoms with E-state index in [9.17, 15) is 13.6 Å². The average Bonchev–Trinajstić information content (AvgIpc) is 2.68. The predicted molar refractivity (Wildman–Crippen MR) is 116 cm³/mol. The van der Waals surface area contributed by atoms with Gasteiger partial charge >= 0.3 is 5.97 Å². The van der Waals surface area contributed by atoms with Crippen LogP contribution in [0, 0.1) is 5.82 Å². The maximum atomic E-state index is 14.8. The quantitative estimate of drug-likeness (QED) is 0.666. The maximum Gasteiger partial charge on any atom is 0.322 e. The van der Waals surface area contributed by atoms with Gasteiger partial charge in [0.2, 0.25) is 0 Å². The largest absolute Gasteiger partial charge is 0.468 e. The summed E-state index contributed by atoms with van der Waals surface area (Å²) in [6, 6.07) is 7.15. The van der Waals surface area contributed by atoms with Crippen molar-refractivity contribution in [2.75, 3.05) is 7.11 Å². The lowest BCUT2D eigenvalue weighted by Crippen LogP contribution is -2.46. The lowest BCUT2D eigenvalue weighted by atomic mass is 9.82. The number of thioether (sulfide) groups is 1. The number of methoxy groups -OCH3 is 1. The summed E-state index contributed by atoms with van der Waals surface area (Å²) >= 11 is 6.86. The van der Waals surface area contributed by atoms with Crippen LogP contribution in [-0.4, -0.2) is 28.0 Å². The molecule has 30 heavy (non-hydrogen) atoms. The van der Waals surface area contributed by atoms with Crippen molar-refractivity contribution in [2.24, 2.45) is 10.7 Å². The van der Waals surface area contributed by atoms with Gasteiger partial charge in [0.1, 0.15) is 16.4 Å². The van der Waals surface area contributed by atoms with Gasteiger partial charge in [-0.05, 0) is 49.8 Å². The molecule has 2 heterocycles. The molecule has 1 aromatic heterocycles. The molecule has 0 bridgehead atoms. The summed E-state index contributed by atoms with van der Waals surface area (Å²) in [4.78, 5) is 20.7. The van der Waals surface area contributed by atoms with Crippen molar-refractivity contribution in [1.29, 1.82) is 0 Å². The van der Waals surface area contributed by atoms with Crippen LogP contribution in [0.25, 0.3) is 11.9 Å². The van der Waals surface area contributed by atoms with E-state index in [-0.39, 0.29) is 22.8 Å². The molecule has 0 spiro atoms. The van der Waals surface area contributed by atoms with Gasteiger partial charge < -0.3 is 10.5 Å². The summed E-state index contributed by atoms with van der Waals surface area (Å²) in [6.45, 7) is 3.36. The van der Waals surface area contributed by atoms with Gasteiger partial charge in [-0.15, -0.1) is 0 Å².